The molecule has 0 spiro atoms. The van der Waals surface area contributed by atoms with Crippen molar-refractivity contribution in [3.8, 4) is 0 Å². The van der Waals surface area contributed by atoms with Crippen LogP contribution in [-0.2, 0) is 28.7 Å². The van der Waals surface area contributed by atoms with Crippen molar-refractivity contribution in [1.82, 2.24) is 0 Å². The number of halogens is 10. The summed E-state index contributed by atoms with van der Waals surface area (Å²) in [5.41, 5.74) is -1.93. The normalized spacial score (nSPS) is 20.5. The van der Waals surface area contributed by atoms with Crippen molar-refractivity contribution < 1.29 is 82.8 Å². The first-order chi connectivity index (χ1) is 22.2. The topological polar surface area (TPSA) is 127 Å². The highest BCUT2D eigenvalue weighted by Gasteiger charge is 2.50. The molecule has 2 rings (SSSR count). The molecule has 2 aliphatic carbocycles. The molecule has 292 valence electrons. The number of rotatable bonds is 14. The molecule has 0 aromatic rings. The van der Waals surface area contributed by atoms with Crippen molar-refractivity contribution >= 4 is 23.9 Å². The number of hydrogen-bond acceptors (Lipinski definition) is 6. The van der Waals surface area contributed by atoms with Crippen molar-refractivity contribution in [2.24, 2.45) is 35.5 Å². The molecule has 0 saturated heterocycles. The van der Waals surface area contributed by atoms with Gasteiger partial charge in [0.05, 0.1) is 23.7 Å². The highest BCUT2D eigenvalue weighted by atomic mass is 19.4. The molecule has 0 unspecified atom stereocenters. The number of alkyl halides is 10. The van der Waals surface area contributed by atoms with Crippen molar-refractivity contribution in [3.63, 3.8) is 0 Å². The van der Waals surface area contributed by atoms with E-state index < -0.39 is 146 Å². The molecular weight excluding hydrogens is 702 g/mol. The Morgan fingerprint density at radius 2 is 0.840 bits per heavy atom. The van der Waals surface area contributed by atoms with Gasteiger partial charge in [0.15, 0.2) is 0 Å². The van der Waals surface area contributed by atoms with Gasteiger partial charge in [-0.15, -0.1) is 0 Å². The van der Waals surface area contributed by atoms with Gasteiger partial charge in [-0.05, 0) is 79.1 Å². The highest BCUT2D eigenvalue weighted by Crippen LogP contribution is 2.48. The lowest BCUT2D eigenvalue weighted by molar-refractivity contribution is -0.174. The predicted octanol–water partition coefficient (Wildman–Crippen LogP) is 8.85. The first kappa shape index (κ1) is 45.2. The first-order valence-corrected chi connectivity index (χ1v) is 16.0. The molecule has 18 heteroatoms. The van der Waals surface area contributed by atoms with Gasteiger partial charge in [-0.2, -0.15) is 26.3 Å². The van der Waals surface area contributed by atoms with Gasteiger partial charge in [0.25, 0.3) is 0 Å². The van der Waals surface area contributed by atoms with Gasteiger partial charge in [0, 0.05) is 38.5 Å². The minimum atomic E-state index is -4.57. The third-order valence-corrected chi connectivity index (χ3v) is 8.03. The molecule has 2 fully saturated rings. The van der Waals surface area contributed by atoms with E-state index in [-0.39, 0.29) is 12.8 Å². The van der Waals surface area contributed by atoms with Crippen LogP contribution in [0.4, 0.5) is 43.9 Å². The summed E-state index contributed by atoms with van der Waals surface area (Å²) in [7, 11) is 0. The average molecular weight is 749 g/mol. The summed E-state index contributed by atoms with van der Waals surface area (Å²) in [4.78, 5) is 47.5. The van der Waals surface area contributed by atoms with Gasteiger partial charge in [0.2, 0.25) is 11.8 Å². The fraction of sp³-hybridized carbons (Fsp3) is 0.875. The van der Waals surface area contributed by atoms with Crippen molar-refractivity contribution in [1.29, 1.82) is 0 Å². The van der Waals surface area contributed by atoms with Crippen molar-refractivity contribution in [2.75, 3.05) is 0 Å². The lowest BCUT2D eigenvalue weighted by atomic mass is 9.72. The van der Waals surface area contributed by atoms with Crippen LogP contribution >= 0.6 is 0 Å². The smallest absolute Gasteiger partial charge is 0.389 e. The van der Waals surface area contributed by atoms with Crippen LogP contribution < -0.4 is 0 Å². The number of carbonyl (C=O) groups is 4. The third-order valence-electron chi connectivity index (χ3n) is 8.03. The summed E-state index contributed by atoms with van der Waals surface area (Å²) >= 11 is 0. The van der Waals surface area contributed by atoms with E-state index in [0.29, 0.717) is 0 Å². The molecule has 8 nitrogen and oxygen atoms in total. The SMILES string of the molecule is CC(C)(C)OC(=O)[C@@H](CC1CC(F)(F)C1)[C@@H](CCC(F)(F)F)C(=O)O.CC(C)(C)OC(=O)[C@H](CC1CC(F)(F)C1)[C@@H](CCC(F)(F)F)C(=O)O. The van der Waals surface area contributed by atoms with Crippen LogP contribution in [-0.4, -0.2) is 69.5 Å². The van der Waals surface area contributed by atoms with E-state index >= 15 is 0 Å². The van der Waals surface area contributed by atoms with Crippen LogP contribution in [0.25, 0.3) is 0 Å². The number of ether oxygens (including phenoxy) is 2. The average Bonchev–Trinajstić information content (AvgIpc) is 2.81. The fourth-order valence-corrected chi connectivity index (χ4v) is 5.86. The number of aliphatic carboxylic acids is 2. The molecule has 50 heavy (non-hydrogen) atoms. The molecule has 0 amide bonds. The van der Waals surface area contributed by atoms with Crippen LogP contribution in [0.2, 0.25) is 0 Å². The van der Waals surface area contributed by atoms with Gasteiger partial charge in [-0.25, -0.2) is 17.6 Å². The molecule has 0 heterocycles. The predicted molar refractivity (Wildman–Crippen MR) is 156 cm³/mol. The van der Waals surface area contributed by atoms with E-state index in [4.69, 9.17) is 9.47 Å². The van der Waals surface area contributed by atoms with Crippen LogP contribution in [0.5, 0.6) is 0 Å². The summed E-state index contributed by atoms with van der Waals surface area (Å²) in [6.07, 6.45) is -15.9. The lowest BCUT2D eigenvalue weighted by Crippen LogP contribution is -2.42. The van der Waals surface area contributed by atoms with Crippen LogP contribution in [0.3, 0.4) is 0 Å². The number of hydrogen-bond donors (Lipinski definition) is 2. The van der Waals surface area contributed by atoms with Crippen LogP contribution in [0.15, 0.2) is 0 Å². The molecular formula is C32H46F10O8. The molecule has 2 aliphatic rings. The molecule has 0 bridgehead atoms. The zero-order valence-electron chi connectivity index (χ0n) is 28.7. The summed E-state index contributed by atoms with van der Waals surface area (Å²) in [6, 6.07) is 0. The summed E-state index contributed by atoms with van der Waals surface area (Å²) < 4.78 is 137. The van der Waals surface area contributed by atoms with E-state index in [1.165, 1.54) is 41.5 Å². The van der Waals surface area contributed by atoms with Crippen LogP contribution in [0.1, 0.15) is 106 Å². The quantitative estimate of drug-likeness (QED) is 0.133. The van der Waals surface area contributed by atoms with E-state index in [0.717, 1.165) is 0 Å². The zero-order chi connectivity index (χ0) is 39.3. The zero-order valence-corrected chi connectivity index (χ0v) is 28.7. The first-order valence-electron chi connectivity index (χ1n) is 16.0. The number of carbonyl (C=O) groups excluding carboxylic acids is 2. The Bertz CT molecular complexity index is 1070. The van der Waals surface area contributed by atoms with Gasteiger partial charge in [-0.1, -0.05) is 0 Å². The van der Waals surface area contributed by atoms with Gasteiger partial charge < -0.3 is 19.7 Å². The minimum Gasteiger partial charge on any atom is -0.481 e. The Morgan fingerprint density at radius 1 is 0.580 bits per heavy atom. The maximum absolute atomic E-state index is 13.0. The van der Waals surface area contributed by atoms with Crippen molar-refractivity contribution in [3.05, 3.63) is 0 Å². The molecule has 4 atom stereocenters. The molecule has 0 aromatic carbocycles. The van der Waals surface area contributed by atoms with Gasteiger partial charge in [0.1, 0.15) is 11.2 Å². The van der Waals surface area contributed by atoms with E-state index in [1.807, 2.05) is 0 Å². The number of carboxylic acids is 2. The second kappa shape index (κ2) is 16.7. The standard InChI is InChI=1S/2C16H23F5O4/c2*1-14(2,3)25-13(24)11(6-9-7-15(17,18)8-9)10(12(22)23)4-5-16(19,20)21/h2*9-11H,4-8H2,1-3H3,(H,22,23)/t10-,11+;10-,11-/m11/s1. The lowest BCUT2D eigenvalue weighted by Gasteiger charge is -2.38. The number of esters is 2. The molecule has 0 radical (unpaired) electrons. The maximum atomic E-state index is 13.0. The summed E-state index contributed by atoms with van der Waals surface area (Å²) in [5.74, 6) is -18.0. The Labute approximate surface area is 283 Å². The van der Waals surface area contributed by atoms with E-state index in [1.54, 1.807) is 0 Å². The Balaban J connectivity index is 0.000000500. The van der Waals surface area contributed by atoms with Gasteiger partial charge in [-0.3, -0.25) is 19.2 Å². The number of carboxylic acid groups (broad SMARTS) is 2. The van der Waals surface area contributed by atoms with Crippen molar-refractivity contribution in [2.45, 2.75) is 141 Å². The van der Waals surface area contributed by atoms with Crippen LogP contribution in [0, 0.1) is 35.5 Å². The highest BCUT2D eigenvalue weighted by molar-refractivity contribution is 5.82. The van der Waals surface area contributed by atoms with E-state index in [2.05, 4.69) is 0 Å². The third kappa shape index (κ3) is 17.4. The fourth-order valence-electron chi connectivity index (χ4n) is 5.86. The summed E-state index contributed by atoms with van der Waals surface area (Å²) in [6.45, 7) is 9.20. The minimum absolute atomic E-state index is 0.223. The maximum Gasteiger partial charge on any atom is 0.389 e. The monoisotopic (exact) mass is 748 g/mol. The van der Waals surface area contributed by atoms with E-state index in [9.17, 15) is 73.3 Å². The Hall–Kier alpha value is -2.82. The molecule has 0 aliphatic heterocycles. The Morgan fingerprint density at radius 3 is 1.02 bits per heavy atom. The van der Waals surface area contributed by atoms with Gasteiger partial charge >= 0.3 is 36.2 Å². The second-order valence-corrected chi connectivity index (χ2v) is 15.2. The molecule has 2 N–H and O–H groups in total. The largest absolute Gasteiger partial charge is 0.481 e. The summed E-state index contributed by atoms with van der Waals surface area (Å²) in [5, 5.41) is 18.5. The molecule has 0 aromatic heterocycles. The second-order valence-electron chi connectivity index (χ2n) is 15.2. The molecule has 2 saturated carbocycles. The Kier molecular flexibility index (Phi) is 15.1.